The molecular weight excluding hydrogens is 346 g/mol. The molecule has 3 aromatic rings. The van der Waals surface area contributed by atoms with Crippen LogP contribution in [0.1, 0.15) is 17.4 Å². The average Bonchev–Trinajstić information content (AvgIpc) is 2.75. The molecular formula is C13H9BrClN3O2. The molecule has 0 saturated carbocycles. The van der Waals surface area contributed by atoms with Gasteiger partial charge in [0.25, 0.3) is 0 Å². The van der Waals surface area contributed by atoms with E-state index in [1.807, 2.05) is 18.2 Å². The lowest BCUT2D eigenvalue weighted by atomic mass is 10.3. The third-order valence-electron chi connectivity index (χ3n) is 2.78. The Labute approximate surface area is 127 Å². The summed E-state index contributed by atoms with van der Waals surface area (Å²) < 4.78 is 7.59. The van der Waals surface area contributed by atoms with Crippen molar-refractivity contribution in [3.05, 3.63) is 39.6 Å². The second kappa shape index (κ2) is 5.03. The van der Waals surface area contributed by atoms with E-state index in [2.05, 4.69) is 25.9 Å². The van der Waals surface area contributed by atoms with Crippen molar-refractivity contribution < 1.29 is 9.53 Å². The van der Waals surface area contributed by atoms with E-state index in [-0.39, 0.29) is 17.3 Å². The highest BCUT2D eigenvalue weighted by Crippen LogP contribution is 2.23. The number of nitrogens with zero attached hydrogens (tertiary/aromatic N) is 3. The van der Waals surface area contributed by atoms with Crippen LogP contribution >= 0.6 is 27.5 Å². The Morgan fingerprint density at radius 1 is 1.45 bits per heavy atom. The standard InChI is InChI=1S/C13H9BrClN3O2/c1-2-20-12(19)11-8(15)6-18-10-5-7(14)3-4-9(10)16-13(18)17-11/h3-6H,2H2,1H3. The number of hydrogen-bond donors (Lipinski definition) is 0. The minimum absolute atomic E-state index is 0.0791. The van der Waals surface area contributed by atoms with Gasteiger partial charge >= 0.3 is 5.97 Å². The Balaban J connectivity index is 2.26. The van der Waals surface area contributed by atoms with E-state index in [4.69, 9.17) is 16.3 Å². The number of halogens is 2. The van der Waals surface area contributed by atoms with Gasteiger partial charge in [0.15, 0.2) is 5.69 Å². The zero-order valence-electron chi connectivity index (χ0n) is 10.4. The number of ether oxygens (including phenoxy) is 1. The predicted molar refractivity (Wildman–Crippen MR) is 79.2 cm³/mol. The molecule has 0 saturated heterocycles. The number of benzene rings is 1. The van der Waals surface area contributed by atoms with E-state index in [9.17, 15) is 4.79 Å². The lowest BCUT2D eigenvalue weighted by Crippen LogP contribution is -2.09. The van der Waals surface area contributed by atoms with Gasteiger partial charge in [-0.2, -0.15) is 0 Å². The Morgan fingerprint density at radius 2 is 2.25 bits per heavy atom. The highest BCUT2D eigenvalue weighted by atomic mass is 79.9. The number of hydrogen-bond acceptors (Lipinski definition) is 4. The highest BCUT2D eigenvalue weighted by molar-refractivity contribution is 9.10. The van der Waals surface area contributed by atoms with Crippen molar-refractivity contribution in [2.24, 2.45) is 0 Å². The van der Waals surface area contributed by atoms with E-state index < -0.39 is 5.97 Å². The number of rotatable bonds is 2. The van der Waals surface area contributed by atoms with Crippen LogP contribution < -0.4 is 0 Å². The van der Waals surface area contributed by atoms with Crippen LogP contribution in [0, 0.1) is 0 Å². The van der Waals surface area contributed by atoms with Gasteiger partial charge in [-0.25, -0.2) is 14.8 Å². The van der Waals surface area contributed by atoms with Gasteiger partial charge in [0.05, 0.1) is 22.7 Å². The van der Waals surface area contributed by atoms with Crippen LogP contribution in [0.25, 0.3) is 16.8 Å². The van der Waals surface area contributed by atoms with Gasteiger partial charge in [-0.3, -0.25) is 4.40 Å². The fraction of sp³-hybridized carbons (Fsp3) is 0.154. The molecule has 0 bridgehead atoms. The fourth-order valence-corrected chi connectivity index (χ4v) is 2.50. The van der Waals surface area contributed by atoms with E-state index >= 15 is 0 Å². The molecule has 3 rings (SSSR count). The molecule has 2 heterocycles. The maximum atomic E-state index is 11.8. The molecule has 0 spiro atoms. The molecule has 0 aliphatic rings. The summed E-state index contributed by atoms with van der Waals surface area (Å²) in [6.45, 7) is 2.00. The minimum atomic E-state index is -0.548. The molecule has 0 fully saturated rings. The van der Waals surface area contributed by atoms with Crippen molar-refractivity contribution in [1.82, 2.24) is 14.4 Å². The summed E-state index contributed by atoms with van der Waals surface area (Å²) in [5, 5.41) is 0.232. The zero-order valence-corrected chi connectivity index (χ0v) is 12.8. The van der Waals surface area contributed by atoms with Gasteiger partial charge in [0.1, 0.15) is 0 Å². The Morgan fingerprint density at radius 3 is 3.00 bits per heavy atom. The molecule has 0 N–H and O–H groups in total. The number of aromatic nitrogens is 3. The van der Waals surface area contributed by atoms with Crippen molar-refractivity contribution in [3.8, 4) is 0 Å². The third-order valence-corrected chi connectivity index (χ3v) is 3.55. The number of imidazole rings is 1. The quantitative estimate of drug-likeness (QED) is 0.661. The Hall–Kier alpha value is -1.66. The van der Waals surface area contributed by atoms with Crippen molar-refractivity contribution in [2.45, 2.75) is 6.92 Å². The van der Waals surface area contributed by atoms with Crippen LogP contribution in [0.5, 0.6) is 0 Å². The third kappa shape index (κ3) is 2.14. The molecule has 20 heavy (non-hydrogen) atoms. The summed E-state index contributed by atoms with van der Waals surface area (Å²) in [7, 11) is 0. The van der Waals surface area contributed by atoms with Gasteiger partial charge in [0, 0.05) is 10.7 Å². The smallest absolute Gasteiger partial charge is 0.358 e. The highest BCUT2D eigenvalue weighted by Gasteiger charge is 2.17. The molecule has 0 atom stereocenters. The molecule has 2 aromatic heterocycles. The number of fused-ring (bicyclic) bond motifs is 3. The molecule has 0 radical (unpaired) electrons. The second-order valence-corrected chi connectivity index (χ2v) is 5.40. The maximum Gasteiger partial charge on any atom is 0.358 e. The first-order valence-corrected chi connectivity index (χ1v) is 7.08. The maximum absolute atomic E-state index is 11.8. The van der Waals surface area contributed by atoms with Crippen LogP contribution in [0.4, 0.5) is 0 Å². The van der Waals surface area contributed by atoms with E-state index in [0.717, 1.165) is 15.5 Å². The monoisotopic (exact) mass is 353 g/mol. The normalized spacial score (nSPS) is 11.2. The van der Waals surface area contributed by atoms with Crippen molar-refractivity contribution in [2.75, 3.05) is 6.61 Å². The molecule has 0 aliphatic carbocycles. The van der Waals surface area contributed by atoms with Crippen LogP contribution in [0.15, 0.2) is 28.9 Å². The largest absolute Gasteiger partial charge is 0.461 e. The summed E-state index contributed by atoms with van der Waals surface area (Å²) in [6, 6.07) is 5.67. The number of carbonyl (C=O) groups is 1. The molecule has 1 aromatic carbocycles. The van der Waals surface area contributed by atoms with Gasteiger partial charge in [-0.05, 0) is 25.1 Å². The van der Waals surface area contributed by atoms with Gasteiger partial charge < -0.3 is 4.74 Å². The second-order valence-electron chi connectivity index (χ2n) is 4.07. The van der Waals surface area contributed by atoms with Crippen LogP contribution in [0.2, 0.25) is 5.02 Å². The molecule has 7 heteroatoms. The SMILES string of the molecule is CCOC(=O)c1nc2nc3ccc(Br)cc3n2cc1Cl. The first kappa shape index (κ1) is 13.3. The van der Waals surface area contributed by atoms with Gasteiger partial charge in [-0.15, -0.1) is 0 Å². The van der Waals surface area contributed by atoms with Crippen LogP contribution in [-0.2, 0) is 4.74 Å². The van der Waals surface area contributed by atoms with Crippen LogP contribution in [-0.4, -0.2) is 26.9 Å². The molecule has 0 amide bonds. The average molecular weight is 355 g/mol. The zero-order chi connectivity index (χ0) is 14.3. The lowest BCUT2D eigenvalue weighted by molar-refractivity contribution is 0.0520. The summed E-state index contributed by atoms with van der Waals surface area (Å²) >= 11 is 9.52. The van der Waals surface area contributed by atoms with E-state index in [0.29, 0.717) is 5.78 Å². The number of carbonyl (C=O) groups excluding carboxylic acids is 1. The van der Waals surface area contributed by atoms with Crippen molar-refractivity contribution >= 4 is 50.3 Å². The molecule has 102 valence electrons. The Kier molecular flexibility index (Phi) is 3.35. The minimum Gasteiger partial charge on any atom is -0.461 e. The van der Waals surface area contributed by atoms with Crippen molar-refractivity contribution in [3.63, 3.8) is 0 Å². The summed E-state index contributed by atoms with van der Waals surface area (Å²) in [4.78, 5) is 20.3. The number of esters is 1. The topological polar surface area (TPSA) is 56.5 Å². The molecule has 0 unspecified atom stereocenters. The molecule has 0 aliphatic heterocycles. The van der Waals surface area contributed by atoms with E-state index in [1.165, 1.54) is 0 Å². The van der Waals surface area contributed by atoms with Crippen molar-refractivity contribution in [1.29, 1.82) is 0 Å². The summed E-state index contributed by atoms with van der Waals surface area (Å²) in [5.74, 6) is -0.140. The molecule has 5 nitrogen and oxygen atoms in total. The summed E-state index contributed by atoms with van der Waals surface area (Å²) in [6.07, 6.45) is 1.62. The lowest BCUT2D eigenvalue weighted by Gasteiger charge is -2.04. The van der Waals surface area contributed by atoms with Gasteiger partial charge in [0.2, 0.25) is 5.78 Å². The first-order chi connectivity index (χ1) is 9.60. The van der Waals surface area contributed by atoms with E-state index in [1.54, 1.807) is 17.5 Å². The Bertz CT molecular complexity index is 831. The predicted octanol–water partition coefficient (Wildman–Crippen LogP) is 3.48. The van der Waals surface area contributed by atoms with Gasteiger partial charge in [-0.1, -0.05) is 27.5 Å². The fourth-order valence-electron chi connectivity index (χ4n) is 1.93. The summed E-state index contributed by atoms with van der Waals surface area (Å²) in [5.41, 5.74) is 1.72. The van der Waals surface area contributed by atoms with Crippen LogP contribution in [0.3, 0.4) is 0 Å². The first-order valence-electron chi connectivity index (χ1n) is 5.91.